The lowest BCUT2D eigenvalue weighted by atomic mass is 10.2. The second kappa shape index (κ2) is 7.05. The van der Waals surface area contributed by atoms with Crippen LogP contribution in [-0.4, -0.2) is 35.2 Å². The smallest absolute Gasteiger partial charge is 0.283 e. The molecular weight excluding hydrogens is 340 g/mol. The Bertz CT molecular complexity index is 892. The van der Waals surface area contributed by atoms with Crippen molar-refractivity contribution in [1.29, 1.82) is 0 Å². The van der Waals surface area contributed by atoms with Crippen LogP contribution in [0.2, 0.25) is 0 Å². The third-order valence-electron chi connectivity index (χ3n) is 4.69. The number of hydrogen-bond donors (Lipinski definition) is 1. The molecule has 0 amide bonds. The van der Waals surface area contributed by atoms with Gasteiger partial charge >= 0.3 is 10.2 Å². The zero-order valence-corrected chi connectivity index (χ0v) is 15.4. The highest BCUT2D eigenvalue weighted by Gasteiger charge is 2.26. The van der Waals surface area contributed by atoms with Crippen molar-refractivity contribution in [2.24, 2.45) is 7.05 Å². The highest BCUT2D eigenvalue weighted by molar-refractivity contribution is 7.90. The Morgan fingerprint density at radius 1 is 1.00 bits per heavy atom. The van der Waals surface area contributed by atoms with Gasteiger partial charge in [0.25, 0.3) is 5.56 Å². The van der Waals surface area contributed by atoms with Gasteiger partial charge in [-0.3, -0.25) is 14.2 Å². The van der Waals surface area contributed by atoms with Crippen LogP contribution >= 0.6 is 0 Å². The predicted molar refractivity (Wildman–Crippen MR) is 98.3 cm³/mol. The lowest BCUT2D eigenvalue weighted by Crippen LogP contribution is -2.37. The van der Waals surface area contributed by atoms with Gasteiger partial charge in [-0.05, 0) is 31.9 Å². The number of benzene rings is 1. The molecule has 1 aliphatic rings. The quantitative estimate of drug-likeness (QED) is 0.902. The minimum atomic E-state index is -3.73. The Labute approximate surface area is 148 Å². The molecule has 1 fully saturated rings. The molecule has 0 bridgehead atoms. The molecule has 1 aliphatic heterocycles. The number of aromatic nitrogens is 2. The Kier molecular flexibility index (Phi) is 5.01. The first-order valence-electron chi connectivity index (χ1n) is 8.54. The first-order chi connectivity index (χ1) is 11.9. The van der Waals surface area contributed by atoms with Gasteiger partial charge in [0.15, 0.2) is 0 Å². The summed E-state index contributed by atoms with van der Waals surface area (Å²) in [6, 6.07) is 9.17. The van der Waals surface area contributed by atoms with E-state index in [4.69, 9.17) is 0 Å². The SMILES string of the molecule is Cc1c(NS(=O)(=O)N2CCCCCC2)c(=O)n(-c2ccccc2)n1C. The van der Waals surface area contributed by atoms with Crippen LogP contribution < -0.4 is 10.3 Å². The summed E-state index contributed by atoms with van der Waals surface area (Å²) in [5.74, 6) is 0. The minimum absolute atomic E-state index is 0.107. The van der Waals surface area contributed by atoms with E-state index < -0.39 is 10.2 Å². The fourth-order valence-corrected chi connectivity index (χ4v) is 4.52. The summed E-state index contributed by atoms with van der Waals surface area (Å²) in [4.78, 5) is 12.8. The third-order valence-corrected chi connectivity index (χ3v) is 6.20. The van der Waals surface area contributed by atoms with E-state index in [-0.39, 0.29) is 11.2 Å². The van der Waals surface area contributed by atoms with E-state index in [1.165, 1.54) is 8.99 Å². The summed E-state index contributed by atoms with van der Waals surface area (Å²) < 4.78 is 32.6. The average Bonchev–Trinajstić information content (AvgIpc) is 2.83. The van der Waals surface area contributed by atoms with Crippen LogP contribution in [0.4, 0.5) is 5.69 Å². The lowest BCUT2D eigenvalue weighted by molar-refractivity contribution is 0.427. The zero-order chi connectivity index (χ0) is 18.0. The molecule has 0 spiro atoms. The number of para-hydroxylation sites is 1. The number of hydrogen-bond acceptors (Lipinski definition) is 3. The van der Waals surface area contributed by atoms with Gasteiger partial charge in [-0.2, -0.15) is 12.7 Å². The molecule has 136 valence electrons. The Morgan fingerprint density at radius 3 is 2.20 bits per heavy atom. The summed E-state index contributed by atoms with van der Waals surface area (Å²) in [6.45, 7) is 2.73. The molecule has 0 radical (unpaired) electrons. The van der Waals surface area contributed by atoms with E-state index >= 15 is 0 Å². The summed E-state index contributed by atoms with van der Waals surface area (Å²) in [5, 5.41) is 0. The van der Waals surface area contributed by atoms with Crippen molar-refractivity contribution >= 4 is 15.9 Å². The lowest BCUT2D eigenvalue weighted by Gasteiger charge is -2.20. The van der Waals surface area contributed by atoms with E-state index in [1.807, 2.05) is 30.3 Å². The van der Waals surface area contributed by atoms with Crippen molar-refractivity contribution in [2.45, 2.75) is 32.6 Å². The van der Waals surface area contributed by atoms with Gasteiger partial charge in [-0.1, -0.05) is 31.0 Å². The van der Waals surface area contributed by atoms with E-state index in [1.54, 1.807) is 18.7 Å². The molecule has 0 aliphatic carbocycles. The minimum Gasteiger partial charge on any atom is -0.283 e. The van der Waals surface area contributed by atoms with Gasteiger partial charge in [-0.25, -0.2) is 4.68 Å². The fourth-order valence-electron chi connectivity index (χ4n) is 3.16. The number of nitrogens with one attached hydrogen (secondary N) is 1. The van der Waals surface area contributed by atoms with Gasteiger partial charge in [0.05, 0.1) is 11.4 Å². The van der Waals surface area contributed by atoms with E-state index in [0.29, 0.717) is 24.5 Å². The topological polar surface area (TPSA) is 76.3 Å². The highest BCUT2D eigenvalue weighted by atomic mass is 32.2. The largest absolute Gasteiger partial charge is 0.301 e. The summed E-state index contributed by atoms with van der Waals surface area (Å²) >= 11 is 0. The summed E-state index contributed by atoms with van der Waals surface area (Å²) in [5.41, 5.74) is 1.01. The molecular formula is C17H24N4O3S. The molecule has 3 rings (SSSR count). The molecule has 25 heavy (non-hydrogen) atoms. The van der Waals surface area contributed by atoms with Crippen LogP contribution in [0.3, 0.4) is 0 Å². The van der Waals surface area contributed by atoms with E-state index in [0.717, 1.165) is 25.7 Å². The van der Waals surface area contributed by atoms with Gasteiger partial charge in [0.1, 0.15) is 5.69 Å². The summed E-state index contributed by atoms with van der Waals surface area (Å²) in [6.07, 6.45) is 3.78. The second-order valence-electron chi connectivity index (χ2n) is 6.36. The third kappa shape index (κ3) is 3.50. The normalized spacial score (nSPS) is 16.6. The molecule has 0 atom stereocenters. The number of anilines is 1. The highest BCUT2D eigenvalue weighted by Crippen LogP contribution is 2.18. The first kappa shape index (κ1) is 17.8. The maximum atomic E-state index is 12.8. The molecule has 0 unspecified atom stereocenters. The molecule has 1 aromatic carbocycles. The van der Waals surface area contributed by atoms with Gasteiger partial charge in [0, 0.05) is 20.1 Å². The molecule has 0 saturated carbocycles. The summed E-state index contributed by atoms with van der Waals surface area (Å²) in [7, 11) is -1.99. The molecule has 1 N–H and O–H groups in total. The predicted octanol–water partition coefficient (Wildman–Crippen LogP) is 2.02. The van der Waals surface area contributed by atoms with Gasteiger partial charge in [-0.15, -0.1) is 0 Å². The zero-order valence-electron chi connectivity index (χ0n) is 14.6. The molecule has 1 saturated heterocycles. The van der Waals surface area contributed by atoms with Crippen LogP contribution in [0.15, 0.2) is 35.1 Å². The van der Waals surface area contributed by atoms with Crippen LogP contribution in [0.1, 0.15) is 31.4 Å². The molecule has 8 heteroatoms. The van der Waals surface area contributed by atoms with Crippen molar-refractivity contribution in [3.63, 3.8) is 0 Å². The number of nitrogens with zero attached hydrogens (tertiary/aromatic N) is 3. The van der Waals surface area contributed by atoms with Crippen LogP contribution in [-0.2, 0) is 17.3 Å². The standard InChI is InChI=1S/C17H24N4O3S/c1-14-16(18-25(23,24)20-12-8-3-4-9-13-20)17(22)21(19(14)2)15-10-6-5-7-11-15/h5-7,10-11,18H,3-4,8-9,12-13H2,1-2H3. The van der Waals surface area contributed by atoms with E-state index in [9.17, 15) is 13.2 Å². The van der Waals surface area contributed by atoms with Crippen molar-refractivity contribution < 1.29 is 8.42 Å². The first-order valence-corrected chi connectivity index (χ1v) is 9.98. The number of rotatable bonds is 4. The Hall–Kier alpha value is -2.06. The van der Waals surface area contributed by atoms with Crippen molar-refractivity contribution in [3.05, 3.63) is 46.4 Å². The van der Waals surface area contributed by atoms with Crippen LogP contribution in [0.5, 0.6) is 0 Å². The second-order valence-corrected chi connectivity index (χ2v) is 8.03. The fraction of sp³-hybridized carbons (Fsp3) is 0.471. The van der Waals surface area contributed by atoms with Crippen LogP contribution in [0.25, 0.3) is 5.69 Å². The Balaban J connectivity index is 1.97. The van der Waals surface area contributed by atoms with Gasteiger partial charge in [0.2, 0.25) is 0 Å². The molecule has 1 aromatic heterocycles. The average molecular weight is 364 g/mol. The van der Waals surface area contributed by atoms with Crippen molar-refractivity contribution in [1.82, 2.24) is 13.7 Å². The maximum Gasteiger partial charge on any atom is 0.301 e. The van der Waals surface area contributed by atoms with E-state index in [2.05, 4.69) is 4.72 Å². The maximum absolute atomic E-state index is 12.8. The van der Waals surface area contributed by atoms with Gasteiger partial charge < -0.3 is 0 Å². The molecule has 7 nitrogen and oxygen atoms in total. The molecule has 2 heterocycles. The van der Waals surface area contributed by atoms with Crippen molar-refractivity contribution in [3.8, 4) is 5.69 Å². The monoisotopic (exact) mass is 364 g/mol. The van der Waals surface area contributed by atoms with Crippen molar-refractivity contribution in [2.75, 3.05) is 17.8 Å². The molecule has 2 aromatic rings. The Morgan fingerprint density at radius 2 is 1.60 bits per heavy atom. The van der Waals surface area contributed by atoms with Crippen LogP contribution in [0, 0.1) is 6.92 Å².